The molecule has 1 aromatic rings. The highest BCUT2D eigenvalue weighted by Gasteiger charge is 2.06. The van der Waals surface area contributed by atoms with Gasteiger partial charge in [-0.05, 0) is 24.8 Å². The van der Waals surface area contributed by atoms with E-state index in [-0.39, 0.29) is 24.0 Å². The summed E-state index contributed by atoms with van der Waals surface area (Å²) in [7, 11) is 0. The molecule has 3 nitrogen and oxygen atoms in total. The van der Waals surface area contributed by atoms with Crippen LogP contribution in [0, 0.1) is 0 Å². The van der Waals surface area contributed by atoms with Crippen LogP contribution in [0.5, 0.6) is 0 Å². The minimum absolute atomic E-state index is 0. The SMILES string of the molecule is CCCCNC(=NCC(C)c1cccs1)NCC.I. The number of hydrogen-bond acceptors (Lipinski definition) is 2. The molecule has 19 heavy (non-hydrogen) atoms. The Morgan fingerprint density at radius 1 is 1.37 bits per heavy atom. The van der Waals surface area contributed by atoms with Gasteiger partial charge in [-0.3, -0.25) is 4.99 Å². The summed E-state index contributed by atoms with van der Waals surface area (Å²) in [5, 5.41) is 8.77. The Hall–Kier alpha value is -0.300. The quantitative estimate of drug-likeness (QED) is 0.319. The first-order chi connectivity index (χ1) is 8.77. The number of halogens is 1. The first-order valence-corrected chi connectivity index (χ1v) is 7.71. The third kappa shape index (κ3) is 7.77. The molecule has 2 N–H and O–H groups in total. The fourth-order valence-electron chi connectivity index (χ4n) is 1.62. The van der Waals surface area contributed by atoms with E-state index in [2.05, 4.69) is 53.9 Å². The molecule has 0 saturated heterocycles. The van der Waals surface area contributed by atoms with Crippen LogP contribution >= 0.6 is 35.3 Å². The molecule has 0 aliphatic rings. The highest BCUT2D eigenvalue weighted by molar-refractivity contribution is 14.0. The predicted octanol–water partition coefficient (Wildman–Crippen LogP) is 3.82. The molecule has 0 radical (unpaired) electrons. The van der Waals surface area contributed by atoms with Crippen LogP contribution in [-0.2, 0) is 0 Å². The Balaban J connectivity index is 0.00000324. The van der Waals surface area contributed by atoms with Crippen LogP contribution in [0.2, 0.25) is 0 Å². The van der Waals surface area contributed by atoms with Crippen molar-refractivity contribution in [3.63, 3.8) is 0 Å². The van der Waals surface area contributed by atoms with Gasteiger partial charge in [-0.2, -0.15) is 0 Å². The molecule has 0 saturated carbocycles. The van der Waals surface area contributed by atoms with Crippen molar-refractivity contribution in [3.05, 3.63) is 22.4 Å². The summed E-state index contributed by atoms with van der Waals surface area (Å²) in [5.74, 6) is 1.43. The van der Waals surface area contributed by atoms with Gasteiger partial charge in [0.1, 0.15) is 0 Å². The highest BCUT2D eigenvalue weighted by Crippen LogP contribution is 2.20. The topological polar surface area (TPSA) is 36.4 Å². The van der Waals surface area contributed by atoms with Gasteiger partial charge in [-0.15, -0.1) is 35.3 Å². The van der Waals surface area contributed by atoms with E-state index in [0.717, 1.165) is 25.6 Å². The van der Waals surface area contributed by atoms with Gasteiger partial charge in [-0.1, -0.05) is 26.3 Å². The van der Waals surface area contributed by atoms with E-state index in [4.69, 9.17) is 0 Å². The van der Waals surface area contributed by atoms with Crippen LogP contribution < -0.4 is 10.6 Å². The fourth-order valence-corrected chi connectivity index (χ4v) is 2.39. The minimum Gasteiger partial charge on any atom is -0.357 e. The van der Waals surface area contributed by atoms with E-state index >= 15 is 0 Å². The lowest BCUT2D eigenvalue weighted by Gasteiger charge is -2.12. The summed E-state index contributed by atoms with van der Waals surface area (Å²) in [6.45, 7) is 9.26. The number of nitrogens with zero attached hydrogens (tertiary/aromatic N) is 1. The summed E-state index contributed by atoms with van der Waals surface area (Å²) < 4.78 is 0. The molecule has 0 amide bonds. The van der Waals surface area contributed by atoms with Gasteiger partial charge in [-0.25, -0.2) is 0 Å². The Labute approximate surface area is 138 Å². The maximum Gasteiger partial charge on any atom is 0.191 e. The van der Waals surface area contributed by atoms with Crippen molar-refractivity contribution in [2.45, 2.75) is 39.5 Å². The van der Waals surface area contributed by atoms with Crippen molar-refractivity contribution >= 4 is 41.3 Å². The van der Waals surface area contributed by atoms with Crippen molar-refractivity contribution in [1.29, 1.82) is 0 Å². The second kappa shape index (κ2) is 11.5. The summed E-state index contributed by atoms with van der Waals surface area (Å²) in [4.78, 5) is 6.05. The third-order valence-corrected chi connectivity index (χ3v) is 3.82. The summed E-state index contributed by atoms with van der Waals surface area (Å²) >= 11 is 1.81. The third-order valence-electron chi connectivity index (χ3n) is 2.72. The van der Waals surface area contributed by atoms with E-state index < -0.39 is 0 Å². The molecular formula is C14H26IN3S. The van der Waals surface area contributed by atoms with Crippen LogP contribution in [0.25, 0.3) is 0 Å². The van der Waals surface area contributed by atoms with Crippen molar-refractivity contribution in [2.75, 3.05) is 19.6 Å². The molecule has 1 aromatic heterocycles. The van der Waals surface area contributed by atoms with Gasteiger partial charge in [0.2, 0.25) is 0 Å². The van der Waals surface area contributed by atoms with Gasteiger partial charge >= 0.3 is 0 Å². The van der Waals surface area contributed by atoms with Gasteiger partial charge in [0.05, 0.1) is 6.54 Å². The van der Waals surface area contributed by atoms with E-state index in [1.807, 2.05) is 11.3 Å². The maximum atomic E-state index is 4.64. The number of thiophene rings is 1. The Morgan fingerprint density at radius 2 is 2.16 bits per heavy atom. The lowest BCUT2D eigenvalue weighted by atomic mass is 10.1. The zero-order valence-electron chi connectivity index (χ0n) is 12.1. The number of hydrogen-bond donors (Lipinski definition) is 2. The van der Waals surface area contributed by atoms with E-state index in [0.29, 0.717) is 5.92 Å². The number of rotatable bonds is 7. The number of guanidine groups is 1. The monoisotopic (exact) mass is 395 g/mol. The average Bonchev–Trinajstić information content (AvgIpc) is 2.89. The summed E-state index contributed by atoms with van der Waals surface area (Å²) in [6, 6.07) is 4.28. The Kier molecular flexibility index (Phi) is 11.3. The highest BCUT2D eigenvalue weighted by atomic mass is 127. The zero-order valence-corrected chi connectivity index (χ0v) is 15.3. The normalized spacial score (nSPS) is 12.7. The number of aliphatic imine (C=N–C) groups is 1. The second-order valence-corrected chi connectivity index (χ2v) is 5.40. The first-order valence-electron chi connectivity index (χ1n) is 6.83. The number of unbranched alkanes of at least 4 members (excludes halogenated alkanes) is 1. The Bertz CT molecular complexity index is 338. The van der Waals surface area contributed by atoms with Crippen LogP contribution in [0.4, 0.5) is 0 Å². The molecule has 1 atom stereocenters. The molecule has 0 aliphatic carbocycles. The molecule has 110 valence electrons. The van der Waals surface area contributed by atoms with Gasteiger partial charge < -0.3 is 10.6 Å². The summed E-state index contributed by atoms with van der Waals surface area (Å²) in [6.07, 6.45) is 2.39. The Morgan fingerprint density at radius 3 is 2.74 bits per heavy atom. The first kappa shape index (κ1) is 18.7. The van der Waals surface area contributed by atoms with Crippen LogP contribution in [0.3, 0.4) is 0 Å². The van der Waals surface area contributed by atoms with Crippen molar-refractivity contribution in [2.24, 2.45) is 4.99 Å². The fraction of sp³-hybridized carbons (Fsp3) is 0.643. The van der Waals surface area contributed by atoms with Crippen LogP contribution in [-0.4, -0.2) is 25.6 Å². The molecular weight excluding hydrogens is 369 g/mol. The molecule has 0 aliphatic heterocycles. The van der Waals surface area contributed by atoms with E-state index in [1.54, 1.807) is 0 Å². The molecule has 1 heterocycles. The second-order valence-electron chi connectivity index (χ2n) is 4.42. The van der Waals surface area contributed by atoms with E-state index in [1.165, 1.54) is 17.7 Å². The smallest absolute Gasteiger partial charge is 0.191 e. The summed E-state index contributed by atoms with van der Waals surface area (Å²) in [5.41, 5.74) is 0. The molecule has 0 aromatic carbocycles. The van der Waals surface area contributed by atoms with Crippen molar-refractivity contribution in [3.8, 4) is 0 Å². The van der Waals surface area contributed by atoms with E-state index in [9.17, 15) is 0 Å². The molecule has 0 bridgehead atoms. The van der Waals surface area contributed by atoms with Crippen molar-refractivity contribution < 1.29 is 0 Å². The molecule has 1 rings (SSSR count). The molecule has 5 heteroatoms. The zero-order chi connectivity index (χ0) is 13.2. The van der Waals surface area contributed by atoms with Crippen LogP contribution in [0.15, 0.2) is 22.5 Å². The number of nitrogens with one attached hydrogen (secondary N) is 2. The van der Waals surface area contributed by atoms with Gasteiger partial charge in [0.25, 0.3) is 0 Å². The predicted molar refractivity (Wildman–Crippen MR) is 97.0 cm³/mol. The van der Waals surface area contributed by atoms with Crippen LogP contribution in [0.1, 0.15) is 44.4 Å². The van der Waals surface area contributed by atoms with Gasteiger partial charge in [0, 0.05) is 23.9 Å². The lowest BCUT2D eigenvalue weighted by Crippen LogP contribution is -2.38. The molecule has 1 unspecified atom stereocenters. The molecule has 0 fully saturated rings. The van der Waals surface area contributed by atoms with Gasteiger partial charge in [0.15, 0.2) is 5.96 Å². The lowest BCUT2D eigenvalue weighted by molar-refractivity contribution is 0.719. The largest absolute Gasteiger partial charge is 0.357 e. The standard InChI is InChI=1S/C14H25N3S.HI/c1-4-6-9-16-14(15-5-2)17-11-12(3)13-8-7-10-18-13;/h7-8,10,12H,4-6,9,11H2,1-3H3,(H2,15,16,17);1H. The maximum absolute atomic E-state index is 4.64. The van der Waals surface area contributed by atoms with Crippen molar-refractivity contribution in [1.82, 2.24) is 10.6 Å². The minimum atomic E-state index is 0. The molecule has 0 spiro atoms. The average molecular weight is 395 g/mol.